The van der Waals surface area contributed by atoms with E-state index >= 15 is 0 Å². The smallest absolute Gasteiger partial charge is 0.387 e. The first-order valence-electron chi connectivity index (χ1n) is 9.06. The lowest BCUT2D eigenvalue weighted by Crippen LogP contribution is -2.32. The van der Waals surface area contributed by atoms with E-state index in [1.165, 1.54) is 17.4 Å². The highest BCUT2D eigenvalue weighted by atomic mass is 32.1. The number of carbonyl (C=O) groups excluding carboxylic acids is 1. The van der Waals surface area contributed by atoms with Gasteiger partial charge in [0.15, 0.2) is 5.13 Å². The van der Waals surface area contributed by atoms with Crippen LogP contribution >= 0.6 is 11.3 Å². The van der Waals surface area contributed by atoms with Crippen LogP contribution in [-0.2, 0) is 14.3 Å². The highest BCUT2D eigenvalue weighted by Gasteiger charge is 2.20. The third-order valence-corrected chi connectivity index (χ3v) is 5.05. The minimum Gasteiger partial charge on any atom is -0.434 e. The summed E-state index contributed by atoms with van der Waals surface area (Å²) in [6.07, 6.45) is 2.47. The topological polar surface area (TPSA) is 69.7 Å². The third-order valence-electron chi connectivity index (χ3n) is 4.29. The fraction of sp³-hybridized carbons (Fsp3) is 0.474. The molecule has 2 heterocycles. The lowest BCUT2D eigenvalue weighted by molar-refractivity contribution is -0.130. The van der Waals surface area contributed by atoms with Crippen LogP contribution in [0.4, 0.5) is 13.9 Å². The molecule has 6 nitrogen and oxygen atoms in total. The van der Waals surface area contributed by atoms with Gasteiger partial charge in [-0.1, -0.05) is 12.1 Å². The van der Waals surface area contributed by atoms with Crippen molar-refractivity contribution in [2.75, 3.05) is 18.5 Å². The van der Waals surface area contributed by atoms with E-state index in [9.17, 15) is 13.6 Å². The van der Waals surface area contributed by atoms with Gasteiger partial charge in [-0.3, -0.25) is 10.1 Å². The molecule has 0 bridgehead atoms. The molecule has 9 heteroatoms. The van der Waals surface area contributed by atoms with Crippen LogP contribution in [0.2, 0.25) is 0 Å². The molecule has 0 radical (unpaired) electrons. The van der Waals surface area contributed by atoms with Gasteiger partial charge in [-0.15, -0.1) is 11.3 Å². The molecule has 1 aliphatic rings. The molecule has 28 heavy (non-hydrogen) atoms. The quantitative estimate of drug-likeness (QED) is 0.699. The van der Waals surface area contributed by atoms with E-state index in [2.05, 4.69) is 15.0 Å². The summed E-state index contributed by atoms with van der Waals surface area (Å²) >= 11 is 1.20. The van der Waals surface area contributed by atoms with Crippen molar-refractivity contribution in [1.29, 1.82) is 0 Å². The standard InChI is InChI=1S/C19H22F2N2O4S/c1-12(26-10-13-6-4-5-9-25-13)17(24)23-19-22-15(11-28-19)14-7-2-3-8-16(14)27-18(20)21/h2-3,7-8,11-13,18H,4-6,9-10H2,1H3,(H,22,23,24). The number of aromatic nitrogens is 1. The summed E-state index contributed by atoms with van der Waals surface area (Å²) in [5.74, 6) is -0.293. The molecular weight excluding hydrogens is 390 g/mol. The van der Waals surface area contributed by atoms with E-state index < -0.39 is 12.7 Å². The maximum Gasteiger partial charge on any atom is 0.387 e. The molecule has 1 N–H and O–H groups in total. The SMILES string of the molecule is CC(OCC1CCCCO1)C(=O)Nc1nc(-c2ccccc2OC(F)F)cs1. The number of thiazole rings is 1. The first-order chi connectivity index (χ1) is 13.5. The zero-order valence-electron chi connectivity index (χ0n) is 15.4. The first-order valence-corrected chi connectivity index (χ1v) is 9.94. The van der Waals surface area contributed by atoms with Gasteiger partial charge in [-0.25, -0.2) is 4.98 Å². The molecule has 1 amide bonds. The molecule has 2 atom stereocenters. The van der Waals surface area contributed by atoms with Gasteiger partial charge in [0.1, 0.15) is 11.9 Å². The molecule has 2 aromatic rings. The molecule has 1 fully saturated rings. The Morgan fingerprint density at radius 2 is 2.21 bits per heavy atom. The molecule has 1 aromatic heterocycles. The Hall–Kier alpha value is -2.10. The Bertz CT molecular complexity index is 781. The zero-order valence-corrected chi connectivity index (χ0v) is 16.2. The summed E-state index contributed by atoms with van der Waals surface area (Å²) in [5, 5.41) is 4.72. The second-order valence-electron chi connectivity index (χ2n) is 6.37. The average molecular weight is 412 g/mol. The van der Waals surface area contributed by atoms with Gasteiger partial charge in [0.2, 0.25) is 0 Å². The number of hydrogen-bond donors (Lipinski definition) is 1. The number of amides is 1. The molecule has 2 unspecified atom stereocenters. The van der Waals surface area contributed by atoms with E-state index in [4.69, 9.17) is 9.47 Å². The number of alkyl halides is 2. The van der Waals surface area contributed by atoms with Gasteiger partial charge in [0, 0.05) is 17.6 Å². The second-order valence-corrected chi connectivity index (χ2v) is 7.22. The van der Waals surface area contributed by atoms with Crippen LogP contribution in [0.1, 0.15) is 26.2 Å². The number of nitrogens with zero attached hydrogens (tertiary/aromatic N) is 1. The summed E-state index contributed by atoms with van der Waals surface area (Å²) in [6.45, 7) is -0.160. The van der Waals surface area contributed by atoms with Crippen molar-refractivity contribution in [3.05, 3.63) is 29.6 Å². The Labute approximate surface area is 165 Å². The summed E-state index contributed by atoms with van der Waals surface area (Å²) in [4.78, 5) is 16.6. The fourth-order valence-corrected chi connectivity index (χ4v) is 3.52. The van der Waals surface area contributed by atoms with Crippen LogP contribution in [0.15, 0.2) is 29.6 Å². The van der Waals surface area contributed by atoms with E-state index in [0.717, 1.165) is 25.9 Å². The predicted octanol–water partition coefficient (Wildman–Crippen LogP) is 4.32. The van der Waals surface area contributed by atoms with Crippen molar-refractivity contribution < 1.29 is 27.8 Å². The minimum absolute atomic E-state index is 0.0294. The molecule has 1 aromatic carbocycles. The van der Waals surface area contributed by atoms with Gasteiger partial charge >= 0.3 is 6.61 Å². The molecule has 1 aliphatic heterocycles. The minimum atomic E-state index is -2.93. The predicted molar refractivity (Wildman–Crippen MR) is 102 cm³/mol. The number of anilines is 1. The normalized spacial score (nSPS) is 18.1. The van der Waals surface area contributed by atoms with Crippen molar-refractivity contribution >= 4 is 22.4 Å². The molecule has 0 aliphatic carbocycles. The van der Waals surface area contributed by atoms with Gasteiger partial charge < -0.3 is 14.2 Å². The molecular formula is C19H22F2N2O4S. The van der Waals surface area contributed by atoms with Gasteiger partial charge in [-0.2, -0.15) is 8.78 Å². The van der Waals surface area contributed by atoms with E-state index in [0.29, 0.717) is 23.0 Å². The van der Waals surface area contributed by atoms with Crippen LogP contribution in [0, 0.1) is 0 Å². The Balaban J connectivity index is 1.57. The molecule has 1 saturated heterocycles. The molecule has 152 valence electrons. The van der Waals surface area contributed by atoms with Crippen molar-refractivity contribution in [3.8, 4) is 17.0 Å². The zero-order chi connectivity index (χ0) is 19.9. The second kappa shape index (κ2) is 9.90. The molecule has 3 rings (SSSR count). The van der Waals surface area contributed by atoms with E-state index in [-0.39, 0.29) is 17.8 Å². The van der Waals surface area contributed by atoms with Crippen LogP contribution in [-0.4, -0.2) is 42.9 Å². The van der Waals surface area contributed by atoms with Crippen molar-refractivity contribution in [1.82, 2.24) is 4.98 Å². The van der Waals surface area contributed by atoms with Crippen LogP contribution in [0.25, 0.3) is 11.3 Å². The lowest BCUT2D eigenvalue weighted by Gasteiger charge is -2.23. The number of hydrogen-bond acceptors (Lipinski definition) is 6. The van der Waals surface area contributed by atoms with Gasteiger partial charge in [-0.05, 0) is 38.3 Å². The Morgan fingerprint density at radius 1 is 1.39 bits per heavy atom. The van der Waals surface area contributed by atoms with Gasteiger partial charge in [0.25, 0.3) is 5.91 Å². The van der Waals surface area contributed by atoms with E-state index in [1.54, 1.807) is 30.5 Å². The summed E-state index contributed by atoms with van der Waals surface area (Å²) in [5.41, 5.74) is 0.874. The first kappa shape index (κ1) is 20.6. The highest BCUT2D eigenvalue weighted by molar-refractivity contribution is 7.14. The monoisotopic (exact) mass is 412 g/mol. The number of carbonyl (C=O) groups is 1. The maximum absolute atomic E-state index is 12.6. The number of nitrogens with one attached hydrogen (secondary N) is 1. The van der Waals surface area contributed by atoms with Crippen LogP contribution in [0.5, 0.6) is 5.75 Å². The van der Waals surface area contributed by atoms with Crippen molar-refractivity contribution in [2.24, 2.45) is 0 Å². The number of para-hydroxylation sites is 1. The third kappa shape index (κ3) is 5.70. The Kier molecular flexibility index (Phi) is 7.30. The number of benzene rings is 1. The maximum atomic E-state index is 12.6. The summed E-state index contributed by atoms with van der Waals surface area (Å²) in [6, 6.07) is 6.39. The number of halogens is 2. The van der Waals surface area contributed by atoms with Crippen molar-refractivity contribution in [2.45, 2.75) is 45.0 Å². The van der Waals surface area contributed by atoms with E-state index in [1.807, 2.05) is 0 Å². The van der Waals surface area contributed by atoms with Crippen LogP contribution in [0.3, 0.4) is 0 Å². The number of rotatable bonds is 8. The fourth-order valence-electron chi connectivity index (χ4n) is 2.81. The summed E-state index contributed by atoms with van der Waals surface area (Å²) in [7, 11) is 0. The average Bonchev–Trinajstić information content (AvgIpc) is 3.15. The number of ether oxygens (including phenoxy) is 3. The summed E-state index contributed by atoms with van der Waals surface area (Å²) < 4.78 is 40.9. The molecule has 0 spiro atoms. The lowest BCUT2D eigenvalue weighted by atomic mass is 10.1. The Morgan fingerprint density at radius 3 is 2.96 bits per heavy atom. The van der Waals surface area contributed by atoms with Crippen molar-refractivity contribution in [3.63, 3.8) is 0 Å². The highest BCUT2D eigenvalue weighted by Crippen LogP contribution is 2.33. The van der Waals surface area contributed by atoms with Crippen LogP contribution < -0.4 is 10.1 Å². The van der Waals surface area contributed by atoms with Gasteiger partial charge in [0.05, 0.1) is 18.4 Å². The largest absolute Gasteiger partial charge is 0.434 e. The molecule has 0 saturated carbocycles.